The van der Waals surface area contributed by atoms with Crippen LogP contribution in [0.25, 0.3) is 87.3 Å². The van der Waals surface area contributed by atoms with Crippen molar-refractivity contribution in [2.45, 2.75) is 19.3 Å². The van der Waals surface area contributed by atoms with E-state index in [2.05, 4.69) is 230 Å². The van der Waals surface area contributed by atoms with Gasteiger partial charge in [-0.2, -0.15) is 0 Å². The number of nitrogens with zero attached hydrogens (tertiary/aromatic N) is 2. The molecule has 0 saturated carbocycles. The zero-order chi connectivity index (χ0) is 44.4. The summed E-state index contributed by atoms with van der Waals surface area (Å²) < 4.78 is 13.4. The Kier molecular flexibility index (Phi) is 8.00. The minimum absolute atomic E-state index is 0.323. The molecule has 0 radical (unpaired) electrons. The van der Waals surface area contributed by atoms with Crippen LogP contribution in [0.5, 0.6) is 0 Å². The summed E-state index contributed by atoms with van der Waals surface area (Å²) >= 11 is 0. The topological polar surface area (TPSA) is 32.8 Å². The zero-order valence-corrected chi connectivity index (χ0v) is 37.0. The van der Waals surface area contributed by atoms with Crippen molar-refractivity contribution in [2.75, 3.05) is 9.80 Å². The predicted molar refractivity (Wildman–Crippen MR) is 280 cm³/mol. The van der Waals surface area contributed by atoms with E-state index in [0.717, 1.165) is 78.0 Å². The van der Waals surface area contributed by atoms with Crippen LogP contribution in [0.2, 0.25) is 0 Å². The number of hydrogen-bond donors (Lipinski definition) is 0. The zero-order valence-electron chi connectivity index (χ0n) is 37.0. The Bertz CT molecular complexity index is 4160. The summed E-state index contributed by atoms with van der Waals surface area (Å²) in [5.41, 5.74) is 14.6. The maximum absolute atomic E-state index is 6.73. The van der Waals surface area contributed by atoms with E-state index in [4.69, 9.17) is 8.83 Å². The first-order valence-electron chi connectivity index (χ1n) is 23.1. The molecule has 0 spiro atoms. The van der Waals surface area contributed by atoms with Crippen molar-refractivity contribution in [3.05, 3.63) is 230 Å². The molecule has 2 aromatic heterocycles. The molecular formula is C63H42N2O2. The second-order valence-electron chi connectivity index (χ2n) is 18.5. The number of hydrogen-bond acceptors (Lipinski definition) is 4. The highest BCUT2D eigenvalue weighted by molar-refractivity contribution is 6.18. The normalized spacial score (nSPS) is 13.0. The van der Waals surface area contributed by atoms with Gasteiger partial charge in [0.1, 0.15) is 11.2 Å². The van der Waals surface area contributed by atoms with Gasteiger partial charge in [-0.05, 0) is 133 Å². The average Bonchev–Trinajstić information content (AvgIpc) is 3.96. The smallest absolute Gasteiger partial charge is 0.159 e. The molecule has 14 rings (SSSR count). The molecular weight excluding hydrogens is 817 g/mol. The van der Waals surface area contributed by atoms with Gasteiger partial charge in [-0.15, -0.1) is 0 Å². The quantitative estimate of drug-likeness (QED) is 0.156. The second kappa shape index (κ2) is 14.2. The summed E-state index contributed by atoms with van der Waals surface area (Å²) in [7, 11) is 0. The van der Waals surface area contributed by atoms with Crippen molar-refractivity contribution >= 4 is 110 Å². The van der Waals surface area contributed by atoms with E-state index >= 15 is 0 Å². The maximum atomic E-state index is 6.73. The first-order chi connectivity index (χ1) is 33.0. The molecule has 2 heterocycles. The van der Waals surface area contributed by atoms with E-state index in [1.807, 2.05) is 12.1 Å². The molecule has 0 amide bonds. The van der Waals surface area contributed by atoms with Crippen LogP contribution in [0.15, 0.2) is 227 Å². The molecule has 0 fully saturated rings. The molecule has 0 aliphatic heterocycles. The minimum Gasteiger partial charge on any atom is -0.454 e. The van der Waals surface area contributed by atoms with Gasteiger partial charge in [-0.1, -0.05) is 153 Å². The van der Waals surface area contributed by atoms with Gasteiger partial charge in [-0.3, -0.25) is 0 Å². The third-order valence-electron chi connectivity index (χ3n) is 14.4. The fraction of sp³-hybridized carbons (Fsp3) is 0.0476. The van der Waals surface area contributed by atoms with Crippen LogP contribution >= 0.6 is 0 Å². The van der Waals surface area contributed by atoms with Gasteiger partial charge >= 0.3 is 0 Å². The number of benzene rings is 11. The molecule has 13 aromatic rings. The molecule has 11 aromatic carbocycles. The van der Waals surface area contributed by atoms with Gasteiger partial charge in [0.2, 0.25) is 0 Å². The molecule has 0 atom stereocenters. The highest BCUT2D eigenvalue weighted by atomic mass is 16.3. The first-order valence-corrected chi connectivity index (χ1v) is 23.1. The molecule has 0 N–H and O–H groups in total. The van der Waals surface area contributed by atoms with Crippen LogP contribution in [0.1, 0.15) is 25.0 Å². The fourth-order valence-electron chi connectivity index (χ4n) is 11.2. The Hall–Kier alpha value is -8.60. The average molecular weight is 859 g/mol. The number of para-hydroxylation sites is 5. The second-order valence-corrected chi connectivity index (χ2v) is 18.5. The van der Waals surface area contributed by atoms with Crippen LogP contribution in [0, 0.1) is 0 Å². The largest absolute Gasteiger partial charge is 0.454 e. The van der Waals surface area contributed by atoms with Gasteiger partial charge in [-0.25, -0.2) is 0 Å². The van der Waals surface area contributed by atoms with E-state index in [1.165, 1.54) is 54.6 Å². The Morgan fingerprint density at radius 2 is 0.866 bits per heavy atom. The van der Waals surface area contributed by atoms with Crippen LogP contribution < -0.4 is 9.80 Å². The Morgan fingerprint density at radius 3 is 1.58 bits per heavy atom. The number of rotatable bonds is 6. The summed E-state index contributed by atoms with van der Waals surface area (Å²) in [6, 6.07) is 79.0. The lowest BCUT2D eigenvalue weighted by Gasteiger charge is -2.37. The molecule has 0 saturated heterocycles. The van der Waals surface area contributed by atoms with E-state index in [1.54, 1.807) is 0 Å². The van der Waals surface area contributed by atoms with Gasteiger partial charge < -0.3 is 18.6 Å². The highest BCUT2D eigenvalue weighted by Crippen LogP contribution is 2.53. The molecule has 316 valence electrons. The standard InChI is InChI=1S/C63H42N2O2/c1-63(2)54-24-12-21-49-52-37-44(64(42-17-4-3-5-18-42)56-25-13-22-50-47-19-8-10-27-58(47)66-61(50)56)32-30-41(52)36-53(60(49)54)46-34-33-45(38-55(46)63)65(43-31-29-39-15-6-7-16-40(39)35-43)57-26-14-23-51-48-20-9-11-28-59(48)67-62(51)57/h3-38H,1-2H3. The summed E-state index contributed by atoms with van der Waals surface area (Å²) in [5, 5.41) is 11.8. The lowest BCUT2D eigenvalue weighted by Crippen LogP contribution is -2.24. The van der Waals surface area contributed by atoms with Crippen molar-refractivity contribution in [1.29, 1.82) is 0 Å². The Labute approximate surface area is 387 Å². The van der Waals surface area contributed by atoms with Gasteiger partial charge in [0, 0.05) is 49.7 Å². The first kappa shape index (κ1) is 37.7. The summed E-state index contributed by atoms with van der Waals surface area (Å²) in [6.07, 6.45) is 0. The van der Waals surface area contributed by atoms with Crippen LogP contribution in [-0.2, 0) is 5.41 Å². The lowest BCUT2D eigenvalue weighted by atomic mass is 9.68. The van der Waals surface area contributed by atoms with Gasteiger partial charge in [0.25, 0.3) is 0 Å². The van der Waals surface area contributed by atoms with Gasteiger partial charge in [0.15, 0.2) is 11.2 Å². The van der Waals surface area contributed by atoms with Crippen molar-refractivity contribution in [2.24, 2.45) is 0 Å². The van der Waals surface area contributed by atoms with Crippen molar-refractivity contribution in [1.82, 2.24) is 0 Å². The number of furan rings is 2. The van der Waals surface area contributed by atoms with E-state index in [9.17, 15) is 0 Å². The molecule has 4 nitrogen and oxygen atoms in total. The predicted octanol–water partition coefficient (Wildman–Crippen LogP) is 18.2. The molecule has 0 bridgehead atoms. The Balaban J connectivity index is 0.959. The van der Waals surface area contributed by atoms with Crippen LogP contribution in [0.4, 0.5) is 34.1 Å². The lowest BCUT2D eigenvalue weighted by molar-refractivity contribution is 0.645. The fourth-order valence-corrected chi connectivity index (χ4v) is 11.2. The van der Waals surface area contributed by atoms with E-state index < -0.39 is 0 Å². The highest BCUT2D eigenvalue weighted by Gasteiger charge is 2.35. The van der Waals surface area contributed by atoms with Crippen molar-refractivity contribution in [3.8, 4) is 11.1 Å². The third kappa shape index (κ3) is 5.60. The maximum Gasteiger partial charge on any atom is 0.159 e. The summed E-state index contributed by atoms with van der Waals surface area (Å²) in [4.78, 5) is 4.73. The van der Waals surface area contributed by atoms with Crippen LogP contribution in [-0.4, -0.2) is 0 Å². The monoisotopic (exact) mass is 858 g/mol. The SMILES string of the molecule is CC1(C)c2cc(N(c3ccc4ccccc4c3)c3cccc4c3oc3ccccc34)ccc2-c2cc3ccc(N(c4ccccc4)c4cccc5c4oc4ccccc45)cc3c3cccc1c23. The van der Waals surface area contributed by atoms with Crippen LogP contribution in [0.3, 0.4) is 0 Å². The van der Waals surface area contributed by atoms with Gasteiger partial charge in [0.05, 0.1) is 11.4 Å². The molecule has 4 heteroatoms. The molecule has 1 aliphatic carbocycles. The molecule has 1 aliphatic rings. The summed E-state index contributed by atoms with van der Waals surface area (Å²) in [5.74, 6) is 0. The Morgan fingerprint density at radius 1 is 0.328 bits per heavy atom. The third-order valence-corrected chi connectivity index (χ3v) is 14.4. The van der Waals surface area contributed by atoms with E-state index in [-0.39, 0.29) is 5.41 Å². The van der Waals surface area contributed by atoms with E-state index in [0.29, 0.717) is 0 Å². The number of anilines is 6. The summed E-state index contributed by atoms with van der Waals surface area (Å²) in [6.45, 7) is 4.78. The number of fused-ring (bicyclic) bond motifs is 11. The minimum atomic E-state index is -0.323. The van der Waals surface area contributed by atoms with Crippen molar-refractivity contribution < 1.29 is 8.83 Å². The van der Waals surface area contributed by atoms with Crippen molar-refractivity contribution in [3.63, 3.8) is 0 Å². The molecule has 0 unspecified atom stereocenters. The molecule has 67 heavy (non-hydrogen) atoms.